The van der Waals surface area contributed by atoms with Crippen LogP contribution in [0.25, 0.3) is 0 Å². The molecule has 0 aliphatic carbocycles. The van der Waals surface area contributed by atoms with Gasteiger partial charge in [-0.2, -0.15) is 0 Å². The van der Waals surface area contributed by atoms with Crippen molar-refractivity contribution in [3.05, 3.63) is 12.2 Å². The molecule has 0 fully saturated rings. The van der Waals surface area contributed by atoms with Crippen molar-refractivity contribution in [3.63, 3.8) is 0 Å². The average molecular weight is 116 g/mol. The Labute approximate surface area is 49.5 Å². The van der Waals surface area contributed by atoms with Gasteiger partial charge in [0.2, 0.25) is 0 Å². The molecule has 0 bridgehead atoms. The van der Waals surface area contributed by atoms with Gasteiger partial charge in [-0.3, -0.25) is 0 Å². The Morgan fingerprint density at radius 3 is 2.00 bits per heavy atom. The quantitative estimate of drug-likeness (QED) is 0.509. The third-order valence-electron chi connectivity index (χ3n) is 0.884. The molecule has 2 nitrogen and oxygen atoms in total. The van der Waals surface area contributed by atoms with Gasteiger partial charge in [0.25, 0.3) is 0 Å². The maximum atomic E-state index is 8.79. The fraction of sp³-hybridized carbons (Fsp3) is 0.667. The average Bonchev–Trinajstić information content (AvgIpc) is 1.67. The van der Waals surface area contributed by atoms with Crippen LogP contribution in [0.3, 0.4) is 0 Å². The summed E-state index contributed by atoms with van der Waals surface area (Å²) in [6.45, 7) is 3.34. The molecule has 0 unspecified atom stereocenters. The van der Waals surface area contributed by atoms with E-state index < -0.39 is 12.2 Å². The molecule has 0 aliphatic rings. The summed E-state index contributed by atoms with van der Waals surface area (Å²) in [5.74, 6) is 0. The summed E-state index contributed by atoms with van der Waals surface area (Å²) in [4.78, 5) is 0. The molecule has 48 valence electrons. The van der Waals surface area contributed by atoms with E-state index in [0.717, 1.165) is 0 Å². The van der Waals surface area contributed by atoms with Crippen molar-refractivity contribution in [1.29, 1.82) is 0 Å². The second-order valence-corrected chi connectivity index (χ2v) is 1.76. The van der Waals surface area contributed by atoms with Crippen LogP contribution in [0.15, 0.2) is 12.2 Å². The Morgan fingerprint density at radius 2 is 1.88 bits per heavy atom. The van der Waals surface area contributed by atoms with Gasteiger partial charge in [0.05, 0.1) is 12.2 Å². The minimum Gasteiger partial charge on any atom is -0.390 e. The molecule has 0 saturated heterocycles. The van der Waals surface area contributed by atoms with E-state index >= 15 is 0 Å². The first-order valence-corrected chi connectivity index (χ1v) is 2.67. The molecule has 2 N–H and O–H groups in total. The van der Waals surface area contributed by atoms with Gasteiger partial charge in [0, 0.05) is 0 Å². The summed E-state index contributed by atoms with van der Waals surface area (Å²) >= 11 is 0. The highest BCUT2D eigenvalue weighted by molar-refractivity contribution is 4.87. The molecule has 0 spiro atoms. The number of allylic oxidation sites excluding steroid dienone is 1. The highest BCUT2D eigenvalue weighted by Crippen LogP contribution is 1.91. The highest BCUT2D eigenvalue weighted by Gasteiger charge is 2.03. The molecule has 8 heavy (non-hydrogen) atoms. The molecule has 0 aromatic heterocycles. The predicted octanol–water partition coefficient (Wildman–Crippen LogP) is 0.304. The molecule has 0 radical (unpaired) electrons. The normalized spacial score (nSPS) is 19.0. The van der Waals surface area contributed by atoms with E-state index in [2.05, 4.69) is 0 Å². The number of hydrogen-bond donors (Lipinski definition) is 2. The third kappa shape index (κ3) is 2.77. The van der Waals surface area contributed by atoms with Gasteiger partial charge in [-0.1, -0.05) is 12.2 Å². The van der Waals surface area contributed by atoms with Gasteiger partial charge in [-0.15, -0.1) is 0 Å². The summed E-state index contributed by atoms with van der Waals surface area (Å²) in [5.41, 5.74) is 0. The highest BCUT2D eigenvalue weighted by atomic mass is 16.3. The Morgan fingerprint density at radius 1 is 1.38 bits per heavy atom. The van der Waals surface area contributed by atoms with Crippen molar-refractivity contribution in [2.24, 2.45) is 0 Å². The molecule has 2 heteroatoms. The lowest BCUT2D eigenvalue weighted by atomic mass is 10.2. The Kier molecular flexibility index (Phi) is 3.48. The summed E-state index contributed by atoms with van der Waals surface area (Å²) in [7, 11) is 0. The Hall–Kier alpha value is -0.340. The fourth-order valence-corrected chi connectivity index (χ4v) is 0.358. The van der Waals surface area contributed by atoms with Gasteiger partial charge in [0.15, 0.2) is 0 Å². The van der Waals surface area contributed by atoms with Gasteiger partial charge >= 0.3 is 0 Å². The summed E-state index contributed by atoms with van der Waals surface area (Å²) in [5, 5.41) is 17.4. The van der Waals surface area contributed by atoms with Crippen LogP contribution in [0.5, 0.6) is 0 Å². The van der Waals surface area contributed by atoms with Crippen LogP contribution in [0.4, 0.5) is 0 Å². The summed E-state index contributed by atoms with van der Waals surface area (Å²) < 4.78 is 0. The van der Waals surface area contributed by atoms with E-state index in [1.54, 1.807) is 26.0 Å². The monoisotopic (exact) mass is 116 g/mol. The van der Waals surface area contributed by atoms with Crippen molar-refractivity contribution in [1.82, 2.24) is 0 Å². The summed E-state index contributed by atoms with van der Waals surface area (Å²) in [6, 6.07) is 0. The van der Waals surface area contributed by atoms with Crippen molar-refractivity contribution >= 4 is 0 Å². The van der Waals surface area contributed by atoms with E-state index in [9.17, 15) is 0 Å². The largest absolute Gasteiger partial charge is 0.390 e. The topological polar surface area (TPSA) is 40.5 Å². The zero-order chi connectivity index (χ0) is 6.57. The van der Waals surface area contributed by atoms with Crippen molar-refractivity contribution < 1.29 is 10.2 Å². The predicted molar refractivity (Wildman–Crippen MR) is 32.5 cm³/mol. The zero-order valence-electron chi connectivity index (χ0n) is 5.20. The van der Waals surface area contributed by atoms with Gasteiger partial charge in [0.1, 0.15) is 0 Å². The maximum absolute atomic E-state index is 8.79. The van der Waals surface area contributed by atoms with Gasteiger partial charge in [-0.25, -0.2) is 0 Å². The van der Waals surface area contributed by atoms with Gasteiger partial charge < -0.3 is 10.2 Å². The van der Waals surface area contributed by atoms with Crippen LogP contribution in [0.1, 0.15) is 13.8 Å². The third-order valence-corrected chi connectivity index (χ3v) is 0.884. The fourth-order valence-electron chi connectivity index (χ4n) is 0.358. The SMILES string of the molecule is C/C=C/[C@@H](O)[C@@H](C)O. The van der Waals surface area contributed by atoms with E-state index in [4.69, 9.17) is 10.2 Å². The van der Waals surface area contributed by atoms with Crippen LogP contribution in [0, 0.1) is 0 Å². The lowest BCUT2D eigenvalue weighted by molar-refractivity contribution is 0.0618. The van der Waals surface area contributed by atoms with E-state index in [1.165, 1.54) is 0 Å². The second kappa shape index (κ2) is 3.64. The first kappa shape index (κ1) is 7.66. The standard InChI is InChI=1S/C6H12O2/c1-3-4-6(8)5(2)7/h3-8H,1-2H3/b4-3+/t5-,6-/m1/s1. The smallest absolute Gasteiger partial charge is 0.0977 e. The minimum atomic E-state index is -0.708. The van der Waals surface area contributed by atoms with Crippen LogP contribution in [0.2, 0.25) is 0 Å². The number of aliphatic hydroxyl groups is 2. The lowest BCUT2D eigenvalue weighted by Gasteiger charge is -2.06. The maximum Gasteiger partial charge on any atom is 0.0977 e. The molecule has 0 aliphatic heterocycles. The number of aliphatic hydroxyl groups excluding tert-OH is 2. The molecule has 0 rings (SSSR count). The number of hydrogen-bond acceptors (Lipinski definition) is 2. The van der Waals surface area contributed by atoms with Crippen LogP contribution < -0.4 is 0 Å². The first-order chi connectivity index (χ1) is 3.68. The zero-order valence-corrected chi connectivity index (χ0v) is 5.20. The molecule has 2 atom stereocenters. The molecule has 0 aromatic rings. The molecular formula is C6H12O2. The Balaban J connectivity index is 3.47. The molecule has 0 saturated carbocycles. The molecule has 0 amide bonds. The van der Waals surface area contributed by atoms with Crippen molar-refractivity contribution in [3.8, 4) is 0 Å². The van der Waals surface area contributed by atoms with Crippen LogP contribution >= 0.6 is 0 Å². The van der Waals surface area contributed by atoms with Crippen molar-refractivity contribution in [2.75, 3.05) is 0 Å². The molecule has 0 aromatic carbocycles. The van der Waals surface area contributed by atoms with Gasteiger partial charge in [-0.05, 0) is 13.8 Å². The summed E-state index contributed by atoms with van der Waals surface area (Å²) in [6.07, 6.45) is 1.88. The molecular weight excluding hydrogens is 104 g/mol. The second-order valence-electron chi connectivity index (χ2n) is 1.76. The van der Waals surface area contributed by atoms with Crippen molar-refractivity contribution in [2.45, 2.75) is 26.1 Å². The first-order valence-electron chi connectivity index (χ1n) is 2.67. The van der Waals surface area contributed by atoms with E-state index in [0.29, 0.717) is 0 Å². The molecule has 0 heterocycles. The minimum absolute atomic E-state index is 0.661. The van der Waals surface area contributed by atoms with Crippen LogP contribution in [-0.4, -0.2) is 22.4 Å². The van der Waals surface area contributed by atoms with Crippen LogP contribution in [-0.2, 0) is 0 Å². The van der Waals surface area contributed by atoms with E-state index in [-0.39, 0.29) is 0 Å². The number of rotatable bonds is 2. The Bertz CT molecular complexity index is 76.6. The lowest BCUT2D eigenvalue weighted by Crippen LogP contribution is -2.19. The van der Waals surface area contributed by atoms with E-state index in [1.807, 2.05) is 0 Å².